The van der Waals surface area contributed by atoms with Crippen LogP contribution in [-0.4, -0.2) is 18.6 Å². The minimum atomic E-state index is -4.54. The molecule has 0 aliphatic carbocycles. The summed E-state index contributed by atoms with van der Waals surface area (Å²) in [6.07, 6.45) is -4.54. The molecule has 0 radical (unpaired) electrons. The topological polar surface area (TPSA) is 81.9 Å². The van der Waals surface area contributed by atoms with Gasteiger partial charge >= 0.3 is 17.9 Å². The average molecular weight is 361 g/mol. The SMILES string of the molecule is Cn1c(=O)[nH]c(=O)c2c1nc(Oc1cccc(C(F)(F)F)c1)n2Cl. The largest absolute Gasteiger partial charge is 0.425 e. The summed E-state index contributed by atoms with van der Waals surface area (Å²) in [4.78, 5) is 29.3. The van der Waals surface area contributed by atoms with E-state index in [1.807, 2.05) is 4.98 Å². The second kappa shape index (κ2) is 5.41. The molecule has 0 bridgehead atoms. The molecule has 2 heterocycles. The molecule has 0 saturated carbocycles. The van der Waals surface area contributed by atoms with E-state index in [1.54, 1.807) is 0 Å². The van der Waals surface area contributed by atoms with Crippen molar-refractivity contribution < 1.29 is 17.9 Å². The second-order valence-electron chi connectivity index (χ2n) is 4.79. The minimum absolute atomic E-state index is 0.0688. The van der Waals surface area contributed by atoms with Gasteiger partial charge < -0.3 is 4.74 Å². The molecule has 0 atom stereocenters. The van der Waals surface area contributed by atoms with E-state index in [0.717, 1.165) is 26.9 Å². The Labute approximate surface area is 136 Å². The molecule has 0 amide bonds. The molecule has 0 spiro atoms. The highest BCUT2D eigenvalue weighted by Crippen LogP contribution is 2.33. The summed E-state index contributed by atoms with van der Waals surface area (Å²) in [6.45, 7) is 0. The van der Waals surface area contributed by atoms with Crippen LogP contribution >= 0.6 is 11.8 Å². The summed E-state index contributed by atoms with van der Waals surface area (Å²) in [7, 11) is 1.35. The van der Waals surface area contributed by atoms with Crippen molar-refractivity contribution in [1.82, 2.24) is 18.6 Å². The number of benzene rings is 1. The van der Waals surface area contributed by atoms with Gasteiger partial charge in [-0.15, -0.1) is 0 Å². The number of ether oxygens (including phenoxy) is 1. The van der Waals surface area contributed by atoms with Crippen molar-refractivity contribution in [3.05, 3.63) is 50.7 Å². The van der Waals surface area contributed by atoms with E-state index in [1.165, 1.54) is 13.1 Å². The minimum Gasteiger partial charge on any atom is -0.425 e. The number of nitrogens with zero attached hydrogens (tertiary/aromatic N) is 3. The van der Waals surface area contributed by atoms with Crippen LogP contribution < -0.4 is 16.0 Å². The fraction of sp³-hybridized carbons (Fsp3) is 0.154. The van der Waals surface area contributed by atoms with Gasteiger partial charge in [-0.05, 0) is 18.2 Å². The van der Waals surface area contributed by atoms with E-state index >= 15 is 0 Å². The highest BCUT2D eigenvalue weighted by Gasteiger charge is 2.30. The Morgan fingerprint density at radius 1 is 1.29 bits per heavy atom. The van der Waals surface area contributed by atoms with E-state index in [2.05, 4.69) is 4.98 Å². The van der Waals surface area contributed by atoms with E-state index in [9.17, 15) is 22.8 Å². The lowest BCUT2D eigenvalue weighted by molar-refractivity contribution is -0.137. The first-order valence-electron chi connectivity index (χ1n) is 6.41. The number of imidazole rings is 1. The van der Waals surface area contributed by atoms with Gasteiger partial charge in [0.1, 0.15) is 5.75 Å². The molecule has 0 saturated heterocycles. The number of rotatable bonds is 2. The molecule has 3 rings (SSSR count). The number of aromatic nitrogens is 4. The van der Waals surface area contributed by atoms with Gasteiger partial charge in [0, 0.05) is 18.8 Å². The van der Waals surface area contributed by atoms with Gasteiger partial charge in [0.2, 0.25) is 0 Å². The molecule has 1 N–H and O–H groups in total. The molecule has 7 nitrogen and oxygen atoms in total. The number of aromatic amines is 1. The maximum atomic E-state index is 12.7. The number of hydrogen-bond acceptors (Lipinski definition) is 4. The zero-order valence-electron chi connectivity index (χ0n) is 11.9. The number of hydrogen-bond donors (Lipinski definition) is 1. The van der Waals surface area contributed by atoms with Crippen molar-refractivity contribution >= 4 is 22.9 Å². The Bertz CT molecular complexity index is 1050. The van der Waals surface area contributed by atoms with Gasteiger partial charge in [-0.3, -0.25) is 14.3 Å². The molecule has 126 valence electrons. The molecule has 3 aromatic rings. The lowest BCUT2D eigenvalue weighted by Crippen LogP contribution is -2.28. The van der Waals surface area contributed by atoms with Gasteiger partial charge in [0.25, 0.3) is 5.56 Å². The van der Waals surface area contributed by atoms with Gasteiger partial charge in [0.05, 0.1) is 5.56 Å². The maximum Gasteiger partial charge on any atom is 0.416 e. The van der Waals surface area contributed by atoms with Crippen LogP contribution in [0.2, 0.25) is 0 Å². The third-order valence-corrected chi connectivity index (χ3v) is 3.52. The number of fused-ring (bicyclic) bond motifs is 1. The van der Waals surface area contributed by atoms with Gasteiger partial charge in [0.15, 0.2) is 11.2 Å². The Hall–Kier alpha value is -2.75. The highest BCUT2D eigenvalue weighted by atomic mass is 35.5. The number of nitrogens with one attached hydrogen (secondary N) is 1. The van der Waals surface area contributed by atoms with Crippen molar-refractivity contribution in [1.29, 1.82) is 0 Å². The van der Waals surface area contributed by atoms with Crippen molar-refractivity contribution in [2.24, 2.45) is 7.05 Å². The Morgan fingerprint density at radius 2 is 2.00 bits per heavy atom. The monoisotopic (exact) mass is 360 g/mol. The zero-order chi connectivity index (χ0) is 17.6. The van der Waals surface area contributed by atoms with Crippen LogP contribution in [0, 0.1) is 0 Å². The Kier molecular flexibility index (Phi) is 3.63. The fourth-order valence-corrected chi connectivity index (χ4v) is 2.26. The molecular formula is C13H8ClF3N4O3. The van der Waals surface area contributed by atoms with Gasteiger partial charge in [-0.2, -0.15) is 22.2 Å². The van der Waals surface area contributed by atoms with E-state index < -0.39 is 23.0 Å². The van der Waals surface area contributed by atoms with Crippen LogP contribution in [0.4, 0.5) is 13.2 Å². The lowest BCUT2D eigenvalue weighted by atomic mass is 10.2. The van der Waals surface area contributed by atoms with Crippen LogP contribution in [0.3, 0.4) is 0 Å². The molecule has 0 unspecified atom stereocenters. The van der Waals surface area contributed by atoms with Crippen LogP contribution in [0.25, 0.3) is 11.2 Å². The van der Waals surface area contributed by atoms with Crippen molar-refractivity contribution in [2.75, 3.05) is 0 Å². The van der Waals surface area contributed by atoms with Crippen molar-refractivity contribution in [2.45, 2.75) is 6.18 Å². The van der Waals surface area contributed by atoms with E-state index in [0.29, 0.717) is 0 Å². The number of H-pyrrole nitrogens is 1. The van der Waals surface area contributed by atoms with E-state index in [4.69, 9.17) is 16.5 Å². The van der Waals surface area contributed by atoms with Gasteiger partial charge in [-0.1, -0.05) is 6.07 Å². The predicted octanol–water partition coefficient (Wildman–Crippen LogP) is 2.24. The third kappa shape index (κ3) is 2.64. The van der Waals surface area contributed by atoms with Crippen LogP contribution in [0.15, 0.2) is 33.9 Å². The summed E-state index contributed by atoms with van der Waals surface area (Å²) in [5, 5.41) is 0. The maximum absolute atomic E-state index is 12.7. The molecule has 1 aromatic carbocycles. The number of alkyl halides is 3. The summed E-state index contributed by atoms with van der Waals surface area (Å²) in [6, 6.07) is 3.72. The first kappa shape index (κ1) is 16.1. The molecule has 0 aliphatic heterocycles. The Morgan fingerprint density at radius 3 is 2.67 bits per heavy atom. The predicted molar refractivity (Wildman–Crippen MR) is 78.4 cm³/mol. The van der Waals surface area contributed by atoms with Crippen LogP contribution in [0.5, 0.6) is 11.8 Å². The number of aryl methyl sites for hydroxylation is 1. The molecule has 24 heavy (non-hydrogen) atoms. The summed E-state index contributed by atoms with van der Waals surface area (Å²) < 4.78 is 45.1. The van der Waals surface area contributed by atoms with Crippen molar-refractivity contribution in [3.63, 3.8) is 0 Å². The second-order valence-corrected chi connectivity index (χ2v) is 5.13. The first-order valence-corrected chi connectivity index (χ1v) is 6.75. The molecule has 0 fully saturated rings. The smallest absolute Gasteiger partial charge is 0.416 e. The quantitative estimate of drug-likeness (QED) is 0.760. The molecule has 0 aliphatic rings. The number of halogens is 4. The van der Waals surface area contributed by atoms with E-state index in [-0.39, 0.29) is 22.9 Å². The first-order chi connectivity index (χ1) is 11.2. The van der Waals surface area contributed by atoms with Crippen LogP contribution in [-0.2, 0) is 13.2 Å². The molecule has 11 heteroatoms. The molecule has 2 aromatic heterocycles. The normalized spacial score (nSPS) is 11.9. The standard InChI is InChI=1S/C13H8ClF3N4O3/c1-20-9-8(10(22)19-11(20)23)21(14)12(18-9)24-7-4-2-3-6(5-7)13(15,16)17/h2-5H,1H3,(H,19,22,23). The Balaban J connectivity index is 2.11. The molecular weight excluding hydrogens is 353 g/mol. The summed E-state index contributed by atoms with van der Waals surface area (Å²) in [5.41, 5.74) is -2.66. The average Bonchev–Trinajstić information content (AvgIpc) is 2.82. The third-order valence-electron chi connectivity index (χ3n) is 3.21. The zero-order valence-corrected chi connectivity index (χ0v) is 12.6. The summed E-state index contributed by atoms with van der Waals surface area (Å²) in [5.74, 6) is -0.177. The van der Waals surface area contributed by atoms with Gasteiger partial charge in [-0.25, -0.2) is 4.79 Å². The fourth-order valence-electron chi connectivity index (χ4n) is 2.04. The van der Waals surface area contributed by atoms with Crippen LogP contribution in [0.1, 0.15) is 5.56 Å². The summed E-state index contributed by atoms with van der Waals surface area (Å²) >= 11 is 5.94. The highest BCUT2D eigenvalue weighted by molar-refractivity contribution is 6.19. The van der Waals surface area contributed by atoms with Crippen molar-refractivity contribution in [3.8, 4) is 11.8 Å². The lowest BCUT2D eigenvalue weighted by Gasteiger charge is -2.08.